The number of aliphatic hydroxyl groups is 2. The van der Waals surface area contributed by atoms with Crippen LogP contribution in [0.5, 0.6) is 11.5 Å². The van der Waals surface area contributed by atoms with Crippen molar-refractivity contribution in [2.24, 2.45) is 22.9 Å². The Kier molecular flexibility index (Phi) is 14.5. The SMILES string of the molecule is C=CCO[C@@]12Oc3ccc(OCc4ccccc4F)cc3[C@H]3[C@H](CCCCO)[C@@H](CCCCO)C=C(C(=NOC(C)(C)C)C[C@@H]1N(C)C(=O)OCCCl)[C@H]32. The lowest BCUT2D eigenvalue weighted by molar-refractivity contribution is -0.253. The molecule has 1 heterocycles. The van der Waals surface area contributed by atoms with Gasteiger partial charge in [0.25, 0.3) is 0 Å². The van der Waals surface area contributed by atoms with Crippen LogP contribution in [0.15, 0.2) is 71.9 Å². The summed E-state index contributed by atoms with van der Waals surface area (Å²) in [6.07, 6.45) is 8.13. The number of oxime groups is 1. The molecule has 0 radical (unpaired) electrons. The summed E-state index contributed by atoms with van der Waals surface area (Å²) in [5.74, 6) is -1.07. The number of halogens is 2. The van der Waals surface area contributed by atoms with Crippen molar-refractivity contribution in [3.05, 3.63) is 83.7 Å². The Labute approximate surface area is 323 Å². The number of allylic oxidation sites excluding steroid dienone is 1. The quantitative estimate of drug-likeness (QED) is 0.0675. The van der Waals surface area contributed by atoms with Crippen molar-refractivity contribution in [2.75, 3.05) is 39.4 Å². The fourth-order valence-corrected chi connectivity index (χ4v) is 8.22. The van der Waals surface area contributed by atoms with Crippen LogP contribution in [0.25, 0.3) is 0 Å². The molecule has 1 amide bonds. The van der Waals surface area contributed by atoms with E-state index in [1.807, 2.05) is 32.9 Å². The van der Waals surface area contributed by atoms with Gasteiger partial charge in [0.05, 0.1) is 24.1 Å². The van der Waals surface area contributed by atoms with E-state index in [2.05, 4.69) is 12.7 Å². The van der Waals surface area contributed by atoms with E-state index in [9.17, 15) is 19.4 Å². The second-order valence-electron chi connectivity index (χ2n) is 15.3. The number of alkyl halides is 1. The molecule has 0 bridgehead atoms. The lowest BCUT2D eigenvalue weighted by Gasteiger charge is -2.59. The number of aliphatic hydroxyl groups excluding tert-OH is 2. The van der Waals surface area contributed by atoms with Gasteiger partial charge in [-0.1, -0.05) is 48.3 Å². The zero-order valence-electron chi connectivity index (χ0n) is 32.0. The standard InChI is InChI=1S/C42H56ClFN2O8/c1-6-22-52-42-37(46(5)40(49)50-23-19-43)26-35(45-54-41(2,3)4)32-24-28(13-9-11-20-47)31(15-10-12-21-48)38(39(32)42)33-25-30(17-18-36(33)53-42)51-27-29-14-7-8-16-34(29)44/h6-8,14,16-18,24-25,28,31,37-39,47-48H,1,9-13,15,19-23,26-27H2,2-5H3/t28-,31+,37-,38+,39+,42+/m0/s1. The van der Waals surface area contributed by atoms with Crippen molar-refractivity contribution in [1.82, 2.24) is 4.90 Å². The number of hydrogen-bond donors (Lipinski definition) is 2. The summed E-state index contributed by atoms with van der Waals surface area (Å²) in [4.78, 5) is 21.3. The van der Waals surface area contributed by atoms with Gasteiger partial charge in [0, 0.05) is 43.7 Å². The average Bonchev–Trinajstić information content (AvgIpc) is 3.15. The molecule has 1 fully saturated rings. The van der Waals surface area contributed by atoms with Crippen LogP contribution in [-0.4, -0.2) is 83.7 Å². The van der Waals surface area contributed by atoms with Gasteiger partial charge in [0.2, 0.25) is 5.79 Å². The van der Waals surface area contributed by atoms with Gasteiger partial charge in [-0.05, 0) is 88.1 Å². The molecule has 5 rings (SSSR count). The molecular formula is C42H56ClFN2O8. The summed E-state index contributed by atoms with van der Waals surface area (Å²) < 4.78 is 40.4. The van der Waals surface area contributed by atoms with Crippen molar-refractivity contribution < 1.29 is 43.2 Å². The number of carbonyl (C=O) groups excluding carboxylic acids is 1. The molecule has 0 saturated heterocycles. The molecule has 2 aromatic carbocycles. The molecule has 10 nitrogen and oxygen atoms in total. The zero-order chi connectivity index (χ0) is 38.9. The first-order valence-corrected chi connectivity index (χ1v) is 19.6. The van der Waals surface area contributed by atoms with Crippen molar-refractivity contribution in [1.29, 1.82) is 0 Å². The number of hydrogen-bond acceptors (Lipinski definition) is 9. The van der Waals surface area contributed by atoms with Crippen molar-refractivity contribution in [3.8, 4) is 11.5 Å². The molecule has 2 aliphatic carbocycles. The summed E-state index contributed by atoms with van der Waals surface area (Å²) in [7, 11) is 1.67. The van der Waals surface area contributed by atoms with Gasteiger partial charge >= 0.3 is 6.09 Å². The topological polar surface area (TPSA) is 119 Å². The highest BCUT2D eigenvalue weighted by Crippen LogP contribution is 2.61. The van der Waals surface area contributed by atoms with Crippen LogP contribution in [0.4, 0.5) is 9.18 Å². The molecule has 3 aliphatic rings. The summed E-state index contributed by atoms with van der Waals surface area (Å²) in [6.45, 7) is 10.1. The Morgan fingerprint density at radius 1 is 1.13 bits per heavy atom. The van der Waals surface area contributed by atoms with Crippen LogP contribution in [0.1, 0.15) is 82.8 Å². The minimum atomic E-state index is -1.41. The third-order valence-corrected chi connectivity index (χ3v) is 10.6. The molecule has 0 spiro atoms. The maximum absolute atomic E-state index is 14.6. The number of ether oxygens (including phenoxy) is 4. The third kappa shape index (κ3) is 9.41. The summed E-state index contributed by atoms with van der Waals surface area (Å²) in [6, 6.07) is 11.5. The minimum absolute atomic E-state index is 0.0328. The normalized spacial score (nSPS) is 25.1. The number of rotatable bonds is 18. The molecule has 296 valence electrons. The van der Waals surface area contributed by atoms with Gasteiger partial charge in [-0.15, -0.1) is 18.2 Å². The van der Waals surface area contributed by atoms with Crippen LogP contribution in [0.2, 0.25) is 0 Å². The van der Waals surface area contributed by atoms with E-state index >= 15 is 0 Å². The largest absolute Gasteiger partial charge is 0.489 e. The van der Waals surface area contributed by atoms with Gasteiger partial charge in [-0.2, -0.15) is 0 Å². The van der Waals surface area contributed by atoms with Gasteiger partial charge in [0.15, 0.2) is 0 Å². The zero-order valence-corrected chi connectivity index (χ0v) is 32.7. The minimum Gasteiger partial charge on any atom is -0.489 e. The first-order valence-electron chi connectivity index (χ1n) is 19.1. The predicted molar refractivity (Wildman–Crippen MR) is 206 cm³/mol. The monoisotopic (exact) mass is 770 g/mol. The van der Waals surface area contributed by atoms with Crippen LogP contribution >= 0.6 is 11.6 Å². The lowest BCUT2D eigenvalue weighted by Crippen LogP contribution is -2.69. The Hall–Kier alpha value is -3.64. The van der Waals surface area contributed by atoms with Gasteiger partial charge in [-0.25, -0.2) is 9.18 Å². The number of fused-ring (bicyclic) bond motifs is 2. The van der Waals surface area contributed by atoms with Crippen molar-refractivity contribution >= 4 is 23.4 Å². The molecule has 0 unspecified atom stereocenters. The molecular weight excluding hydrogens is 715 g/mol. The number of carbonyl (C=O) groups is 1. The van der Waals surface area contributed by atoms with Gasteiger partial charge < -0.3 is 38.9 Å². The molecule has 1 aliphatic heterocycles. The summed E-state index contributed by atoms with van der Waals surface area (Å²) in [5.41, 5.74) is 2.35. The van der Waals surface area contributed by atoms with Gasteiger partial charge in [-0.3, -0.25) is 0 Å². The molecule has 6 atom stereocenters. The highest BCUT2D eigenvalue weighted by atomic mass is 35.5. The Morgan fingerprint density at radius 2 is 1.87 bits per heavy atom. The van der Waals surface area contributed by atoms with Crippen molar-refractivity contribution in [2.45, 2.75) is 95.7 Å². The summed E-state index contributed by atoms with van der Waals surface area (Å²) >= 11 is 5.92. The Morgan fingerprint density at radius 3 is 2.56 bits per heavy atom. The van der Waals surface area contributed by atoms with E-state index in [1.165, 1.54) is 11.0 Å². The summed E-state index contributed by atoms with van der Waals surface area (Å²) in [5, 5.41) is 24.4. The molecule has 0 aromatic heterocycles. The Balaban J connectivity index is 1.73. The highest BCUT2D eigenvalue weighted by molar-refractivity contribution is 6.18. The first-order chi connectivity index (χ1) is 26.0. The lowest BCUT2D eigenvalue weighted by atomic mass is 9.55. The number of likely N-dealkylation sites (N-methyl/N-ethyl adjacent to an activating group) is 1. The maximum atomic E-state index is 14.6. The molecule has 12 heteroatoms. The second-order valence-corrected chi connectivity index (χ2v) is 15.6. The highest BCUT2D eigenvalue weighted by Gasteiger charge is 2.65. The molecule has 1 saturated carbocycles. The fourth-order valence-electron chi connectivity index (χ4n) is 8.14. The number of nitrogens with zero attached hydrogens (tertiary/aromatic N) is 2. The molecule has 2 N–H and O–H groups in total. The van der Waals surface area contributed by atoms with Crippen LogP contribution in [-0.2, 0) is 20.9 Å². The van der Waals surface area contributed by atoms with Gasteiger partial charge in [0.1, 0.15) is 42.2 Å². The van der Waals surface area contributed by atoms with E-state index in [0.29, 0.717) is 35.6 Å². The van der Waals surface area contributed by atoms with E-state index < -0.39 is 29.4 Å². The van der Waals surface area contributed by atoms with E-state index in [1.54, 1.807) is 37.4 Å². The van der Waals surface area contributed by atoms with Crippen LogP contribution in [0, 0.1) is 23.6 Å². The molecule has 54 heavy (non-hydrogen) atoms. The average molecular weight is 771 g/mol. The van der Waals surface area contributed by atoms with E-state index in [4.69, 9.17) is 40.5 Å². The van der Waals surface area contributed by atoms with E-state index in [-0.39, 0.29) is 68.9 Å². The molecule has 2 aromatic rings. The second kappa shape index (κ2) is 18.8. The predicted octanol–water partition coefficient (Wildman–Crippen LogP) is 8.14. The van der Waals surface area contributed by atoms with E-state index in [0.717, 1.165) is 36.8 Å². The number of unbranched alkanes of at least 4 members (excludes halogenated alkanes) is 2. The Bertz CT molecular complexity index is 1650. The first kappa shape index (κ1) is 41.5. The number of benzene rings is 2. The number of amides is 1. The van der Waals surface area contributed by atoms with Crippen molar-refractivity contribution in [3.63, 3.8) is 0 Å². The van der Waals surface area contributed by atoms with Crippen LogP contribution in [0.3, 0.4) is 0 Å². The maximum Gasteiger partial charge on any atom is 0.410 e. The third-order valence-electron chi connectivity index (χ3n) is 10.5. The smallest absolute Gasteiger partial charge is 0.410 e. The van der Waals surface area contributed by atoms with Crippen LogP contribution < -0.4 is 9.47 Å². The fraction of sp³-hybridized carbons (Fsp3) is 0.571.